The van der Waals surface area contributed by atoms with E-state index in [1.54, 1.807) is 6.07 Å². The molecule has 1 aliphatic carbocycles. The van der Waals surface area contributed by atoms with Crippen molar-refractivity contribution < 1.29 is 5.11 Å². The van der Waals surface area contributed by atoms with E-state index in [1.165, 1.54) is 16.7 Å². The molecule has 1 N–H and O–H groups in total. The lowest BCUT2D eigenvalue weighted by Gasteiger charge is -2.09. The number of aromatic hydroxyl groups is 1. The third kappa shape index (κ3) is 1.35. The van der Waals surface area contributed by atoms with Gasteiger partial charge in [-0.25, -0.2) is 0 Å². The highest BCUT2D eigenvalue weighted by atomic mass is 16.3. The molecule has 0 aliphatic heterocycles. The number of allylic oxidation sites excluding steroid dienone is 2. The maximum atomic E-state index is 9.37. The van der Waals surface area contributed by atoms with Gasteiger partial charge in [0.1, 0.15) is 5.75 Å². The van der Waals surface area contributed by atoms with Crippen molar-refractivity contribution in [1.29, 1.82) is 0 Å². The molecule has 0 amide bonds. The molecule has 0 bridgehead atoms. The summed E-state index contributed by atoms with van der Waals surface area (Å²) in [7, 11) is 0. The monoisotopic (exact) mass is 174 g/mol. The van der Waals surface area contributed by atoms with Gasteiger partial charge in [0.25, 0.3) is 0 Å². The molecule has 0 saturated heterocycles. The Balaban J connectivity index is 2.48. The quantitative estimate of drug-likeness (QED) is 0.694. The topological polar surface area (TPSA) is 20.2 Å². The molecule has 0 saturated carbocycles. The number of rotatable bonds is 1. The van der Waals surface area contributed by atoms with Crippen LogP contribution in [0.15, 0.2) is 24.3 Å². The van der Waals surface area contributed by atoms with Gasteiger partial charge in [-0.05, 0) is 41.2 Å². The van der Waals surface area contributed by atoms with Gasteiger partial charge < -0.3 is 5.11 Å². The Labute approximate surface area is 78.7 Å². The average Bonchev–Trinajstić information content (AvgIpc) is 2.46. The lowest BCUT2D eigenvalue weighted by molar-refractivity contribution is 0.475. The van der Waals surface area contributed by atoms with Crippen molar-refractivity contribution in [3.63, 3.8) is 0 Å². The van der Waals surface area contributed by atoms with Crippen molar-refractivity contribution in [3.05, 3.63) is 35.4 Å². The third-order valence-electron chi connectivity index (χ3n) is 2.57. The van der Waals surface area contributed by atoms with E-state index in [0.29, 0.717) is 11.7 Å². The summed E-state index contributed by atoms with van der Waals surface area (Å²) in [5, 5.41) is 9.37. The number of phenolic OH excluding ortho intramolecular Hbond substituents is 1. The second kappa shape index (κ2) is 2.91. The number of benzene rings is 1. The molecule has 0 fully saturated rings. The first-order chi connectivity index (χ1) is 6.18. The average molecular weight is 174 g/mol. The maximum Gasteiger partial charge on any atom is 0.116 e. The van der Waals surface area contributed by atoms with Gasteiger partial charge in [-0.15, -0.1) is 0 Å². The summed E-state index contributed by atoms with van der Waals surface area (Å²) < 4.78 is 0. The molecule has 1 aromatic carbocycles. The van der Waals surface area contributed by atoms with Crippen LogP contribution in [-0.4, -0.2) is 5.11 Å². The summed E-state index contributed by atoms with van der Waals surface area (Å²) in [6.45, 7) is 4.37. The predicted molar refractivity (Wildman–Crippen MR) is 54.6 cm³/mol. The van der Waals surface area contributed by atoms with Crippen LogP contribution < -0.4 is 0 Å². The van der Waals surface area contributed by atoms with Crippen molar-refractivity contribution in [3.8, 4) is 5.75 Å². The Morgan fingerprint density at radius 2 is 2.08 bits per heavy atom. The van der Waals surface area contributed by atoms with E-state index in [-0.39, 0.29) is 0 Å². The summed E-state index contributed by atoms with van der Waals surface area (Å²) in [5.41, 5.74) is 3.93. The van der Waals surface area contributed by atoms with Crippen LogP contribution in [0.2, 0.25) is 0 Å². The molecule has 1 aromatic rings. The fourth-order valence-electron chi connectivity index (χ4n) is 1.89. The van der Waals surface area contributed by atoms with Gasteiger partial charge in [0.05, 0.1) is 0 Å². The first-order valence-corrected chi connectivity index (χ1v) is 4.71. The maximum absolute atomic E-state index is 9.37. The van der Waals surface area contributed by atoms with Gasteiger partial charge in [-0.3, -0.25) is 0 Å². The van der Waals surface area contributed by atoms with Gasteiger partial charge in [0, 0.05) is 0 Å². The Morgan fingerprint density at radius 3 is 2.77 bits per heavy atom. The Morgan fingerprint density at radius 1 is 1.31 bits per heavy atom. The van der Waals surface area contributed by atoms with E-state index in [1.807, 2.05) is 12.1 Å². The first kappa shape index (κ1) is 8.36. The lowest BCUT2D eigenvalue weighted by Crippen LogP contribution is -1.91. The highest BCUT2D eigenvalue weighted by Gasteiger charge is 2.16. The van der Waals surface area contributed by atoms with E-state index >= 15 is 0 Å². The van der Waals surface area contributed by atoms with Crippen LogP contribution in [0.4, 0.5) is 0 Å². The van der Waals surface area contributed by atoms with E-state index < -0.39 is 0 Å². The largest absolute Gasteiger partial charge is 0.508 e. The van der Waals surface area contributed by atoms with E-state index in [4.69, 9.17) is 0 Å². The molecule has 0 aromatic heterocycles. The van der Waals surface area contributed by atoms with Crippen LogP contribution in [0.5, 0.6) is 5.75 Å². The zero-order valence-corrected chi connectivity index (χ0v) is 8.04. The molecule has 0 spiro atoms. The fourth-order valence-corrected chi connectivity index (χ4v) is 1.89. The summed E-state index contributed by atoms with van der Waals surface area (Å²) in [6.07, 6.45) is 3.28. The minimum absolute atomic E-state index is 0.368. The number of hydrogen-bond acceptors (Lipinski definition) is 1. The van der Waals surface area contributed by atoms with Crippen molar-refractivity contribution in [1.82, 2.24) is 0 Å². The third-order valence-corrected chi connectivity index (χ3v) is 2.57. The number of fused-ring (bicyclic) bond motifs is 1. The molecule has 1 nitrogen and oxygen atoms in total. The van der Waals surface area contributed by atoms with Crippen molar-refractivity contribution in [2.45, 2.75) is 20.3 Å². The molecule has 0 radical (unpaired) electrons. The Kier molecular flexibility index (Phi) is 1.87. The fraction of sp³-hybridized carbons (Fsp3) is 0.333. The van der Waals surface area contributed by atoms with Crippen LogP contribution in [-0.2, 0) is 6.42 Å². The van der Waals surface area contributed by atoms with E-state index in [2.05, 4.69) is 19.9 Å². The smallest absolute Gasteiger partial charge is 0.116 e. The van der Waals surface area contributed by atoms with Gasteiger partial charge in [0.2, 0.25) is 0 Å². The number of phenols is 1. The zero-order valence-electron chi connectivity index (χ0n) is 8.04. The Bertz CT molecular complexity index is 361. The normalized spacial score (nSPS) is 14.5. The first-order valence-electron chi connectivity index (χ1n) is 4.71. The molecule has 13 heavy (non-hydrogen) atoms. The Hall–Kier alpha value is -1.24. The van der Waals surface area contributed by atoms with Gasteiger partial charge in [-0.1, -0.05) is 26.0 Å². The molecule has 1 heteroatoms. The SMILES string of the molecule is CC(C)C1=CCc2ccc(O)cc21. The van der Waals surface area contributed by atoms with Crippen LogP contribution in [0.25, 0.3) is 5.57 Å². The minimum Gasteiger partial charge on any atom is -0.508 e. The second-order valence-electron chi connectivity index (χ2n) is 3.86. The predicted octanol–water partition coefficient (Wildman–Crippen LogP) is 2.99. The minimum atomic E-state index is 0.368. The van der Waals surface area contributed by atoms with E-state index in [0.717, 1.165) is 6.42 Å². The van der Waals surface area contributed by atoms with Crippen LogP contribution in [0.1, 0.15) is 25.0 Å². The molecule has 0 atom stereocenters. The van der Waals surface area contributed by atoms with Gasteiger partial charge >= 0.3 is 0 Å². The zero-order chi connectivity index (χ0) is 9.42. The summed E-state index contributed by atoms with van der Waals surface area (Å²) >= 11 is 0. The summed E-state index contributed by atoms with van der Waals surface area (Å²) in [6, 6.07) is 5.64. The molecular weight excluding hydrogens is 160 g/mol. The molecule has 1 aliphatic rings. The molecule has 2 rings (SSSR count). The summed E-state index contributed by atoms with van der Waals surface area (Å²) in [5.74, 6) is 0.912. The van der Waals surface area contributed by atoms with Crippen LogP contribution in [0.3, 0.4) is 0 Å². The lowest BCUT2D eigenvalue weighted by atomic mass is 9.97. The van der Waals surface area contributed by atoms with Crippen molar-refractivity contribution in [2.75, 3.05) is 0 Å². The summed E-state index contributed by atoms with van der Waals surface area (Å²) in [4.78, 5) is 0. The van der Waals surface area contributed by atoms with Crippen molar-refractivity contribution in [2.24, 2.45) is 5.92 Å². The molecular formula is C12H14O. The molecule has 68 valence electrons. The highest BCUT2D eigenvalue weighted by molar-refractivity contribution is 5.74. The second-order valence-corrected chi connectivity index (χ2v) is 3.86. The van der Waals surface area contributed by atoms with Gasteiger partial charge in [-0.2, -0.15) is 0 Å². The molecule has 0 unspecified atom stereocenters. The standard InChI is InChI=1S/C12H14O/c1-8(2)11-6-4-9-3-5-10(13)7-12(9)11/h3,5-8,13H,4H2,1-2H3. The highest BCUT2D eigenvalue weighted by Crippen LogP contribution is 2.34. The van der Waals surface area contributed by atoms with Crippen LogP contribution in [0, 0.1) is 5.92 Å². The number of hydrogen-bond donors (Lipinski definition) is 1. The van der Waals surface area contributed by atoms with E-state index in [9.17, 15) is 5.11 Å². The van der Waals surface area contributed by atoms with Crippen LogP contribution >= 0.6 is 0 Å². The van der Waals surface area contributed by atoms with Gasteiger partial charge in [0.15, 0.2) is 0 Å². The molecule has 0 heterocycles. The van der Waals surface area contributed by atoms with Crippen molar-refractivity contribution >= 4 is 5.57 Å².